The first-order valence-corrected chi connectivity index (χ1v) is 9.81. The van der Waals surface area contributed by atoms with Crippen molar-refractivity contribution in [3.05, 3.63) is 66.1 Å². The number of urea groups is 1. The first kappa shape index (κ1) is 19.0. The van der Waals surface area contributed by atoms with Crippen molar-refractivity contribution in [3.8, 4) is 0 Å². The smallest absolute Gasteiger partial charge is 0.321 e. The highest BCUT2D eigenvalue weighted by molar-refractivity contribution is 5.89. The number of pyridine rings is 1. The lowest BCUT2D eigenvalue weighted by Gasteiger charge is -2.31. The highest BCUT2D eigenvalue weighted by Crippen LogP contribution is 2.20. The lowest BCUT2D eigenvalue weighted by molar-refractivity contribution is -0.151. The van der Waals surface area contributed by atoms with Gasteiger partial charge in [0.2, 0.25) is 0 Å². The van der Waals surface area contributed by atoms with Crippen LogP contribution in [-0.2, 0) is 16.1 Å². The van der Waals surface area contributed by atoms with Crippen LogP contribution in [0.3, 0.4) is 0 Å². The quantitative estimate of drug-likeness (QED) is 0.688. The van der Waals surface area contributed by atoms with Crippen molar-refractivity contribution in [3.63, 3.8) is 0 Å². The van der Waals surface area contributed by atoms with Crippen LogP contribution in [0.4, 0.5) is 10.5 Å². The maximum Gasteiger partial charge on any atom is 0.321 e. The van der Waals surface area contributed by atoms with E-state index in [0.29, 0.717) is 18.8 Å². The first-order valence-electron chi connectivity index (χ1n) is 9.81. The number of amides is 2. The molecule has 1 aliphatic heterocycles. The summed E-state index contributed by atoms with van der Waals surface area (Å²) in [6.45, 7) is 3.12. The van der Waals surface area contributed by atoms with Crippen molar-refractivity contribution in [2.24, 2.45) is 5.92 Å². The average Bonchev–Trinajstić information content (AvgIpc) is 3.17. The zero-order valence-electron chi connectivity index (χ0n) is 16.4. The van der Waals surface area contributed by atoms with E-state index in [0.717, 1.165) is 29.7 Å². The molecule has 1 saturated heterocycles. The van der Waals surface area contributed by atoms with Gasteiger partial charge in [-0.3, -0.25) is 4.79 Å². The molecule has 3 heterocycles. The van der Waals surface area contributed by atoms with E-state index < -0.39 is 0 Å². The Morgan fingerprint density at radius 3 is 2.83 bits per heavy atom. The lowest BCUT2D eigenvalue weighted by Crippen LogP contribution is -2.44. The van der Waals surface area contributed by atoms with E-state index in [1.807, 2.05) is 66.2 Å². The molecule has 1 aliphatic rings. The standard InChI is InChI=1S/C22H24N4O3/c1-16-7-5-11-25-14-19(23-20(16)25)15-29-21(27)17-8-6-12-26(13-17)22(28)24-18-9-3-2-4-10-18/h2-5,7,9-11,14,17H,6,8,12-13,15H2,1H3,(H,24,28). The number of para-hydroxylation sites is 1. The maximum absolute atomic E-state index is 12.6. The van der Waals surface area contributed by atoms with Crippen LogP contribution in [0.2, 0.25) is 0 Å². The number of fused-ring (bicyclic) bond motifs is 1. The summed E-state index contributed by atoms with van der Waals surface area (Å²) >= 11 is 0. The summed E-state index contributed by atoms with van der Waals surface area (Å²) < 4.78 is 7.44. The van der Waals surface area contributed by atoms with Crippen LogP contribution in [0.25, 0.3) is 5.65 Å². The molecule has 3 aromatic rings. The second-order valence-corrected chi connectivity index (χ2v) is 7.34. The highest BCUT2D eigenvalue weighted by atomic mass is 16.5. The molecule has 29 heavy (non-hydrogen) atoms. The fraction of sp³-hybridized carbons (Fsp3) is 0.318. The number of esters is 1. The number of hydrogen-bond acceptors (Lipinski definition) is 4. The van der Waals surface area contributed by atoms with Crippen LogP contribution in [0, 0.1) is 12.8 Å². The molecule has 7 heteroatoms. The molecule has 2 aromatic heterocycles. The third kappa shape index (κ3) is 4.39. The first-order chi connectivity index (χ1) is 14.1. The number of nitrogens with one attached hydrogen (secondary N) is 1. The minimum Gasteiger partial charge on any atom is -0.459 e. The van der Waals surface area contributed by atoms with Crippen LogP contribution >= 0.6 is 0 Å². The van der Waals surface area contributed by atoms with Gasteiger partial charge in [-0.1, -0.05) is 24.3 Å². The average molecular weight is 392 g/mol. The predicted octanol–water partition coefficient (Wildman–Crippen LogP) is 3.63. The Hall–Kier alpha value is -3.35. The van der Waals surface area contributed by atoms with Gasteiger partial charge in [-0.25, -0.2) is 9.78 Å². The van der Waals surface area contributed by atoms with E-state index in [1.165, 1.54) is 0 Å². The molecule has 150 valence electrons. The number of likely N-dealkylation sites (tertiary alicyclic amines) is 1. The number of piperidine rings is 1. The van der Waals surface area contributed by atoms with Crippen molar-refractivity contribution in [1.82, 2.24) is 14.3 Å². The monoisotopic (exact) mass is 392 g/mol. The maximum atomic E-state index is 12.6. The number of carbonyl (C=O) groups is 2. The highest BCUT2D eigenvalue weighted by Gasteiger charge is 2.29. The molecular formula is C22H24N4O3. The van der Waals surface area contributed by atoms with Gasteiger partial charge in [0.15, 0.2) is 0 Å². The van der Waals surface area contributed by atoms with Crippen LogP contribution in [0.15, 0.2) is 54.9 Å². The van der Waals surface area contributed by atoms with Crippen LogP contribution < -0.4 is 5.32 Å². The van der Waals surface area contributed by atoms with Gasteiger partial charge < -0.3 is 19.4 Å². The molecule has 2 amide bonds. The Bertz CT molecular complexity index is 1020. The molecule has 1 N–H and O–H groups in total. The SMILES string of the molecule is Cc1cccn2cc(COC(=O)C3CCCN(C(=O)Nc4ccccc4)C3)nc12. The third-order valence-electron chi connectivity index (χ3n) is 5.16. The van der Waals surface area contributed by atoms with Gasteiger partial charge in [0.05, 0.1) is 11.6 Å². The summed E-state index contributed by atoms with van der Waals surface area (Å²) in [5.41, 5.74) is 3.38. The summed E-state index contributed by atoms with van der Waals surface area (Å²) in [4.78, 5) is 31.3. The number of benzene rings is 1. The number of aryl methyl sites for hydroxylation is 1. The topological polar surface area (TPSA) is 75.9 Å². The Morgan fingerprint density at radius 1 is 1.21 bits per heavy atom. The van der Waals surface area contributed by atoms with Gasteiger partial charge in [0, 0.05) is 31.2 Å². The minimum atomic E-state index is -0.316. The van der Waals surface area contributed by atoms with Crippen LogP contribution in [-0.4, -0.2) is 39.4 Å². The summed E-state index contributed by atoms with van der Waals surface area (Å²) in [5.74, 6) is -0.597. The summed E-state index contributed by atoms with van der Waals surface area (Å²) in [6, 6.07) is 13.1. The second-order valence-electron chi connectivity index (χ2n) is 7.34. The number of rotatable bonds is 4. The Labute approximate surface area is 169 Å². The number of carbonyl (C=O) groups excluding carboxylic acids is 2. The van der Waals surface area contributed by atoms with Crippen molar-refractivity contribution < 1.29 is 14.3 Å². The fourth-order valence-corrected chi connectivity index (χ4v) is 3.61. The zero-order chi connectivity index (χ0) is 20.2. The van der Waals surface area contributed by atoms with Crippen LogP contribution in [0.1, 0.15) is 24.1 Å². The number of ether oxygens (including phenoxy) is 1. The normalized spacial score (nSPS) is 16.6. The Kier molecular flexibility index (Phi) is 5.46. The van der Waals surface area contributed by atoms with Crippen molar-refractivity contribution in [2.45, 2.75) is 26.4 Å². The van der Waals surface area contributed by atoms with E-state index in [1.54, 1.807) is 4.90 Å². The van der Waals surface area contributed by atoms with E-state index in [4.69, 9.17) is 4.74 Å². The number of hydrogen-bond donors (Lipinski definition) is 1. The number of aromatic nitrogens is 2. The lowest BCUT2D eigenvalue weighted by atomic mass is 9.98. The molecular weight excluding hydrogens is 368 g/mol. The third-order valence-corrected chi connectivity index (χ3v) is 5.16. The van der Waals surface area contributed by atoms with E-state index in [9.17, 15) is 9.59 Å². The van der Waals surface area contributed by atoms with Gasteiger partial charge in [0.1, 0.15) is 12.3 Å². The second kappa shape index (κ2) is 8.34. The fourth-order valence-electron chi connectivity index (χ4n) is 3.61. The molecule has 0 aliphatic carbocycles. The Morgan fingerprint density at radius 2 is 2.03 bits per heavy atom. The summed E-state index contributed by atoms with van der Waals surface area (Å²) in [7, 11) is 0. The number of anilines is 1. The molecule has 0 bridgehead atoms. The number of imidazole rings is 1. The van der Waals surface area contributed by atoms with Crippen molar-refractivity contribution >= 4 is 23.3 Å². The molecule has 0 spiro atoms. The molecule has 1 atom stereocenters. The largest absolute Gasteiger partial charge is 0.459 e. The van der Waals surface area contributed by atoms with Crippen LogP contribution in [0.5, 0.6) is 0 Å². The minimum absolute atomic E-state index is 0.132. The van der Waals surface area contributed by atoms with Crippen molar-refractivity contribution in [1.29, 1.82) is 0 Å². The molecule has 4 rings (SSSR count). The van der Waals surface area contributed by atoms with Crippen molar-refractivity contribution in [2.75, 3.05) is 18.4 Å². The van der Waals surface area contributed by atoms with Gasteiger partial charge in [0.25, 0.3) is 0 Å². The Balaban J connectivity index is 1.33. The van der Waals surface area contributed by atoms with E-state index in [2.05, 4.69) is 10.3 Å². The molecule has 1 unspecified atom stereocenters. The van der Waals surface area contributed by atoms with Gasteiger partial charge in [-0.2, -0.15) is 0 Å². The van der Waals surface area contributed by atoms with Gasteiger partial charge >= 0.3 is 12.0 Å². The van der Waals surface area contributed by atoms with E-state index in [-0.39, 0.29) is 24.5 Å². The van der Waals surface area contributed by atoms with Gasteiger partial charge in [-0.05, 0) is 43.5 Å². The zero-order valence-corrected chi connectivity index (χ0v) is 16.4. The molecule has 1 aromatic carbocycles. The molecule has 1 fully saturated rings. The summed E-state index contributed by atoms with van der Waals surface area (Å²) in [6.07, 6.45) is 5.29. The molecule has 0 saturated carbocycles. The molecule has 7 nitrogen and oxygen atoms in total. The van der Waals surface area contributed by atoms with E-state index >= 15 is 0 Å². The molecule has 0 radical (unpaired) electrons. The van der Waals surface area contributed by atoms with Gasteiger partial charge in [-0.15, -0.1) is 0 Å². The predicted molar refractivity (Wildman–Crippen MR) is 109 cm³/mol. The summed E-state index contributed by atoms with van der Waals surface area (Å²) in [5, 5.41) is 2.87. The number of nitrogens with zero attached hydrogens (tertiary/aromatic N) is 3.